The first kappa shape index (κ1) is 19.2. The molecule has 0 bridgehead atoms. The van der Waals surface area contributed by atoms with E-state index in [0.29, 0.717) is 27.9 Å². The summed E-state index contributed by atoms with van der Waals surface area (Å²) in [5.74, 6) is 1.29. The zero-order chi connectivity index (χ0) is 20.5. The molecule has 8 heteroatoms. The lowest BCUT2D eigenvalue weighted by Gasteiger charge is -2.31. The number of methoxy groups -OCH3 is 1. The molecule has 1 atom stereocenters. The fourth-order valence-electron chi connectivity index (χ4n) is 3.62. The van der Waals surface area contributed by atoms with E-state index in [9.17, 15) is 9.59 Å². The second kappa shape index (κ2) is 7.71. The number of para-hydroxylation sites is 1. The van der Waals surface area contributed by atoms with Crippen LogP contribution in [0.3, 0.4) is 0 Å². The summed E-state index contributed by atoms with van der Waals surface area (Å²) in [6.07, 6.45) is -0.606. The summed E-state index contributed by atoms with van der Waals surface area (Å²) in [7, 11) is 1.60. The fraction of sp³-hybridized carbons (Fsp3) is 0.238. The van der Waals surface area contributed by atoms with Crippen LogP contribution in [0.2, 0.25) is 0 Å². The molecule has 0 aliphatic carbocycles. The highest BCUT2D eigenvalue weighted by atomic mass is 32.2. The molecular formula is C21H21N4O3S+. The van der Waals surface area contributed by atoms with E-state index in [4.69, 9.17) is 9.84 Å². The molecule has 0 radical (unpaired) electrons. The van der Waals surface area contributed by atoms with Gasteiger partial charge in [-0.25, -0.2) is 4.90 Å². The Bertz CT molecular complexity index is 1140. The minimum atomic E-state index is -0.606. The Morgan fingerprint density at radius 3 is 2.79 bits per heavy atom. The third-order valence-corrected chi connectivity index (χ3v) is 5.52. The van der Waals surface area contributed by atoms with Gasteiger partial charge in [0.25, 0.3) is 6.17 Å². The molecule has 2 heterocycles. The van der Waals surface area contributed by atoms with Gasteiger partial charge in [-0.05, 0) is 40.8 Å². The number of hydrogen-bond acceptors (Lipinski definition) is 5. The van der Waals surface area contributed by atoms with E-state index in [1.54, 1.807) is 16.7 Å². The van der Waals surface area contributed by atoms with Gasteiger partial charge in [0.2, 0.25) is 11.1 Å². The van der Waals surface area contributed by atoms with Crippen LogP contribution in [0.4, 0.5) is 5.69 Å². The van der Waals surface area contributed by atoms with E-state index in [1.165, 1.54) is 18.7 Å². The van der Waals surface area contributed by atoms with Crippen LogP contribution in [0, 0.1) is 0 Å². The van der Waals surface area contributed by atoms with E-state index in [2.05, 4.69) is 4.98 Å². The number of nitrogens with one attached hydrogen (secondary N) is 1. The van der Waals surface area contributed by atoms with Crippen molar-refractivity contribution in [2.75, 3.05) is 17.8 Å². The molecule has 0 saturated carbocycles. The first-order valence-electron chi connectivity index (χ1n) is 9.27. The largest absolute Gasteiger partial charge is 0.497 e. The number of aromatic nitrogens is 3. The van der Waals surface area contributed by atoms with Gasteiger partial charge >= 0.3 is 11.3 Å². The number of nitrogens with zero attached hydrogens (tertiary/aromatic N) is 3. The van der Waals surface area contributed by atoms with Gasteiger partial charge in [0.1, 0.15) is 5.75 Å². The fourth-order valence-corrected chi connectivity index (χ4v) is 4.20. The Hall–Kier alpha value is -3.13. The molecule has 1 aliphatic heterocycles. The topological polar surface area (TPSA) is 79.2 Å². The molecule has 1 amide bonds. The third kappa shape index (κ3) is 3.29. The van der Waals surface area contributed by atoms with Crippen molar-refractivity contribution in [1.29, 1.82) is 0 Å². The Kier molecular flexibility index (Phi) is 5.10. The number of ether oxygens (including phenoxy) is 1. The average Bonchev–Trinajstić information content (AvgIpc) is 2.72. The van der Waals surface area contributed by atoms with Crippen molar-refractivity contribution in [3.05, 3.63) is 64.4 Å². The van der Waals surface area contributed by atoms with Gasteiger partial charge in [0.05, 0.1) is 18.4 Å². The molecule has 3 aromatic rings. The molecule has 1 N–H and O–H groups in total. The number of amides is 1. The maximum Gasteiger partial charge on any atom is 0.325 e. The Morgan fingerprint density at radius 2 is 2.07 bits per heavy atom. The van der Waals surface area contributed by atoms with Crippen LogP contribution < -0.4 is 19.9 Å². The van der Waals surface area contributed by atoms with E-state index in [1.807, 2.05) is 55.5 Å². The quantitative estimate of drug-likeness (QED) is 0.530. The van der Waals surface area contributed by atoms with Gasteiger partial charge in [-0.2, -0.15) is 0 Å². The second-order valence-electron chi connectivity index (χ2n) is 6.54. The van der Waals surface area contributed by atoms with Crippen LogP contribution in [-0.2, 0) is 4.79 Å². The van der Waals surface area contributed by atoms with Crippen molar-refractivity contribution < 1.29 is 14.2 Å². The lowest BCUT2D eigenvalue weighted by Crippen LogP contribution is -2.60. The molecule has 0 fully saturated rings. The molecule has 0 saturated heterocycles. The van der Waals surface area contributed by atoms with Gasteiger partial charge in [0.15, 0.2) is 0 Å². The minimum Gasteiger partial charge on any atom is -0.497 e. The zero-order valence-electron chi connectivity index (χ0n) is 16.4. The highest BCUT2D eigenvalue weighted by Gasteiger charge is 2.44. The lowest BCUT2D eigenvalue weighted by atomic mass is 10.0. The van der Waals surface area contributed by atoms with Crippen molar-refractivity contribution in [2.24, 2.45) is 0 Å². The van der Waals surface area contributed by atoms with Crippen molar-refractivity contribution >= 4 is 23.4 Å². The summed E-state index contributed by atoms with van der Waals surface area (Å²) in [6, 6.07) is 14.9. The first-order valence-corrected chi connectivity index (χ1v) is 10.3. The number of benzene rings is 2. The Balaban J connectivity index is 2.06. The maximum absolute atomic E-state index is 13.0. The molecule has 0 spiro atoms. The number of carbonyl (C=O) groups excluding carboxylic acids is 1. The molecule has 148 valence electrons. The van der Waals surface area contributed by atoms with Gasteiger partial charge in [-0.15, -0.1) is 0 Å². The van der Waals surface area contributed by atoms with Crippen LogP contribution in [0.5, 0.6) is 5.75 Å². The smallest absolute Gasteiger partial charge is 0.325 e. The van der Waals surface area contributed by atoms with Crippen molar-refractivity contribution in [2.45, 2.75) is 25.2 Å². The number of aromatic amines is 1. The van der Waals surface area contributed by atoms with E-state index >= 15 is 0 Å². The number of hydrogen-bond donors (Lipinski definition) is 1. The van der Waals surface area contributed by atoms with Gasteiger partial charge in [0, 0.05) is 17.6 Å². The molecule has 1 aliphatic rings. The molecule has 1 aromatic heterocycles. The molecule has 1 unspecified atom stereocenters. The minimum absolute atomic E-state index is 0.143. The van der Waals surface area contributed by atoms with E-state index in [-0.39, 0.29) is 11.5 Å². The third-order valence-electron chi connectivity index (χ3n) is 4.77. The summed E-state index contributed by atoms with van der Waals surface area (Å²) >= 11 is 1.44. The lowest BCUT2D eigenvalue weighted by molar-refractivity contribution is -0.763. The number of carbonyl (C=O) groups is 1. The van der Waals surface area contributed by atoms with Crippen molar-refractivity contribution in [3.8, 4) is 17.0 Å². The zero-order valence-corrected chi connectivity index (χ0v) is 17.2. The Morgan fingerprint density at radius 1 is 1.28 bits per heavy atom. The van der Waals surface area contributed by atoms with Crippen LogP contribution in [0.1, 0.15) is 25.6 Å². The highest BCUT2D eigenvalue weighted by molar-refractivity contribution is 7.99. The normalized spacial score (nSPS) is 14.9. The van der Waals surface area contributed by atoms with E-state index in [0.717, 1.165) is 11.3 Å². The van der Waals surface area contributed by atoms with Gasteiger partial charge in [-0.3, -0.25) is 14.6 Å². The van der Waals surface area contributed by atoms with E-state index < -0.39 is 6.17 Å². The summed E-state index contributed by atoms with van der Waals surface area (Å²) in [6.45, 7) is 3.51. The molecule has 4 rings (SSSR count). The van der Waals surface area contributed by atoms with Crippen LogP contribution >= 0.6 is 11.8 Å². The SMILES string of the molecule is CCSc1n[n+]2c(c(=O)[nH]1)-c1ccccc1N(C(C)=O)C2c1cccc(OC)c1. The summed E-state index contributed by atoms with van der Waals surface area (Å²) < 4.78 is 7.03. The standard InChI is InChI=1S/C21H20N4O3S/c1-4-29-21-22-19(27)18-16-10-5-6-11-17(16)24(13(2)26)20(25(18)23-21)14-8-7-9-15(12-14)28-3/h5-12,20H,4H2,1-3H3/p+1. The maximum atomic E-state index is 13.0. The summed E-state index contributed by atoms with van der Waals surface area (Å²) in [4.78, 5) is 30.3. The monoisotopic (exact) mass is 409 g/mol. The number of thioether (sulfide) groups is 1. The highest BCUT2D eigenvalue weighted by Crippen LogP contribution is 2.37. The molecule has 29 heavy (non-hydrogen) atoms. The average molecular weight is 409 g/mol. The number of H-pyrrole nitrogens is 1. The van der Waals surface area contributed by atoms with Gasteiger partial charge in [-0.1, -0.05) is 36.9 Å². The number of anilines is 1. The first-order chi connectivity index (χ1) is 14.0. The number of rotatable bonds is 4. The molecule has 2 aromatic carbocycles. The predicted molar refractivity (Wildman–Crippen MR) is 111 cm³/mol. The van der Waals surface area contributed by atoms with Gasteiger partial charge < -0.3 is 4.74 Å². The molecular weight excluding hydrogens is 388 g/mol. The summed E-state index contributed by atoms with van der Waals surface area (Å²) in [5, 5.41) is 5.21. The van der Waals surface area contributed by atoms with Crippen LogP contribution in [0.25, 0.3) is 11.3 Å². The number of fused-ring (bicyclic) bond motifs is 3. The Labute approximate surface area is 172 Å². The second-order valence-corrected chi connectivity index (χ2v) is 7.79. The van der Waals surface area contributed by atoms with Crippen LogP contribution in [-0.4, -0.2) is 28.9 Å². The van der Waals surface area contributed by atoms with Crippen molar-refractivity contribution in [1.82, 2.24) is 10.1 Å². The van der Waals surface area contributed by atoms with Crippen molar-refractivity contribution in [3.63, 3.8) is 0 Å². The van der Waals surface area contributed by atoms with Crippen LogP contribution in [0.15, 0.2) is 58.5 Å². The predicted octanol–water partition coefficient (Wildman–Crippen LogP) is 2.76. The molecule has 7 nitrogen and oxygen atoms in total. The summed E-state index contributed by atoms with van der Waals surface area (Å²) in [5.41, 5.74) is 2.33.